The van der Waals surface area contributed by atoms with Gasteiger partial charge in [-0.2, -0.15) is 0 Å². The summed E-state index contributed by atoms with van der Waals surface area (Å²) in [5.74, 6) is -0.329. The van der Waals surface area contributed by atoms with E-state index in [-0.39, 0.29) is 21.8 Å². The summed E-state index contributed by atoms with van der Waals surface area (Å²) in [5.41, 5.74) is -0.881. The van der Waals surface area contributed by atoms with Gasteiger partial charge in [-0.25, -0.2) is 4.79 Å². The van der Waals surface area contributed by atoms with Crippen LogP contribution in [-0.2, 0) is 6.54 Å². The van der Waals surface area contributed by atoms with Crippen molar-refractivity contribution in [3.8, 4) is 0 Å². The molecule has 0 saturated heterocycles. The number of aromatic amines is 1. The second kappa shape index (κ2) is 5.95. The molecule has 0 aliphatic heterocycles. The lowest BCUT2D eigenvalue weighted by Crippen LogP contribution is -2.31. The standard InChI is InChI=1S/C12H7BrCl2N2O3/c13-7-4-17(12(20)16-11(7)19)5-10(18)6-1-2-8(14)9(15)3-6/h1-4H,5H2,(H,16,19,20). The van der Waals surface area contributed by atoms with Crippen LogP contribution in [0.2, 0.25) is 10.0 Å². The predicted molar refractivity (Wildman–Crippen MR) is 79.8 cm³/mol. The molecular weight excluding hydrogens is 371 g/mol. The normalized spacial score (nSPS) is 10.6. The van der Waals surface area contributed by atoms with Crippen LogP contribution in [-0.4, -0.2) is 15.3 Å². The van der Waals surface area contributed by atoms with Crippen molar-refractivity contribution in [2.24, 2.45) is 0 Å². The van der Waals surface area contributed by atoms with Crippen LogP contribution in [0, 0.1) is 0 Å². The third-order valence-electron chi connectivity index (χ3n) is 2.52. The Morgan fingerprint density at radius 3 is 2.60 bits per heavy atom. The number of carbonyl (C=O) groups is 1. The van der Waals surface area contributed by atoms with Crippen LogP contribution in [0.3, 0.4) is 0 Å². The van der Waals surface area contributed by atoms with E-state index in [1.165, 1.54) is 24.4 Å². The topological polar surface area (TPSA) is 71.9 Å². The fraction of sp³-hybridized carbons (Fsp3) is 0.0833. The molecule has 0 aliphatic rings. The Kier molecular flexibility index (Phi) is 4.47. The Labute approximate surface area is 131 Å². The first-order valence-electron chi connectivity index (χ1n) is 5.36. The molecule has 2 aromatic rings. The number of hydrogen-bond donors (Lipinski definition) is 1. The summed E-state index contributed by atoms with van der Waals surface area (Å²) < 4.78 is 1.26. The number of carbonyl (C=O) groups excluding carboxylic acids is 1. The average molecular weight is 378 g/mol. The number of H-pyrrole nitrogens is 1. The van der Waals surface area contributed by atoms with Crippen LogP contribution in [0.25, 0.3) is 0 Å². The minimum Gasteiger partial charge on any atom is -0.292 e. The molecule has 0 bridgehead atoms. The summed E-state index contributed by atoms with van der Waals surface area (Å²) in [6, 6.07) is 4.45. The molecule has 1 aromatic heterocycles. The first-order valence-corrected chi connectivity index (χ1v) is 6.91. The van der Waals surface area contributed by atoms with Gasteiger partial charge in [-0.15, -0.1) is 0 Å². The minimum atomic E-state index is -0.661. The zero-order valence-corrected chi connectivity index (χ0v) is 12.9. The average Bonchev–Trinajstić information content (AvgIpc) is 2.39. The number of halogens is 3. The molecule has 1 aromatic carbocycles. The van der Waals surface area contributed by atoms with Crippen LogP contribution in [0.4, 0.5) is 0 Å². The van der Waals surface area contributed by atoms with E-state index in [9.17, 15) is 14.4 Å². The molecule has 8 heteroatoms. The van der Waals surface area contributed by atoms with Gasteiger partial charge in [-0.1, -0.05) is 23.2 Å². The van der Waals surface area contributed by atoms with Gasteiger partial charge in [0.15, 0.2) is 5.78 Å². The SMILES string of the molecule is O=C(Cn1cc(Br)c(=O)[nH]c1=O)c1ccc(Cl)c(Cl)c1. The second-order valence-electron chi connectivity index (χ2n) is 3.92. The molecule has 0 aliphatic carbocycles. The second-order valence-corrected chi connectivity index (χ2v) is 5.59. The highest BCUT2D eigenvalue weighted by Gasteiger charge is 2.11. The van der Waals surface area contributed by atoms with Crippen molar-refractivity contribution < 1.29 is 4.79 Å². The van der Waals surface area contributed by atoms with E-state index in [1.54, 1.807) is 0 Å². The highest BCUT2D eigenvalue weighted by Crippen LogP contribution is 2.22. The lowest BCUT2D eigenvalue weighted by Gasteiger charge is -2.06. The first kappa shape index (κ1) is 15.0. The van der Waals surface area contributed by atoms with E-state index in [4.69, 9.17) is 23.2 Å². The van der Waals surface area contributed by atoms with Gasteiger partial charge >= 0.3 is 5.69 Å². The van der Waals surface area contributed by atoms with E-state index in [0.29, 0.717) is 10.6 Å². The van der Waals surface area contributed by atoms with Gasteiger partial charge in [0, 0.05) is 11.8 Å². The Morgan fingerprint density at radius 1 is 1.25 bits per heavy atom. The molecular formula is C12H7BrCl2N2O3. The zero-order valence-electron chi connectivity index (χ0n) is 9.82. The molecule has 0 amide bonds. The third kappa shape index (κ3) is 3.20. The Bertz CT molecular complexity index is 798. The Morgan fingerprint density at radius 2 is 1.95 bits per heavy atom. The van der Waals surface area contributed by atoms with Crippen LogP contribution < -0.4 is 11.2 Å². The van der Waals surface area contributed by atoms with E-state index in [1.807, 2.05) is 0 Å². The highest BCUT2D eigenvalue weighted by molar-refractivity contribution is 9.10. The van der Waals surface area contributed by atoms with Crippen molar-refractivity contribution in [1.82, 2.24) is 9.55 Å². The number of nitrogens with one attached hydrogen (secondary N) is 1. The van der Waals surface area contributed by atoms with E-state index in [2.05, 4.69) is 20.9 Å². The summed E-state index contributed by atoms with van der Waals surface area (Å²) in [7, 11) is 0. The quantitative estimate of drug-likeness (QED) is 0.835. The molecule has 20 heavy (non-hydrogen) atoms. The number of hydrogen-bond acceptors (Lipinski definition) is 3. The van der Waals surface area contributed by atoms with Crippen LogP contribution in [0.1, 0.15) is 10.4 Å². The van der Waals surface area contributed by atoms with E-state index >= 15 is 0 Å². The van der Waals surface area contributed by atoms with Gasteiger partial charge in [0.1, 0.15) is 0 Å². The zero-order chi connectivity index (χ0) is 14.9. The summed E-state index contributed by atoms with van der Waals surface area (Å²) in [4.78, 5) is 36.9. The summed E-state index contributed by atoms with van der Waals surface area (Å²) in [5, 5.41) is 0.597. The molecule has 104 valence electrons. The van der Waals surface area contributed by atoms with Crippen molar-refractivity contribution in [2.75, 3.05) is 0 Å². The van der Waals surface area contributed by atoms with Gasteiger partial charge in [-0.3, -0.25) is 19.1 Å². The Balaban J connectivity index is 2.32. The number of aromatic nitrogens is 2. The van der Waals surface area contributed by atoms with Crippen molar-refractivity contribution in [2.45, 2.75) is 6.54 Å². The molecule has 0 spiro atoms. The Hall–Kier alpha value is -1.37. The molecule has 5 nitrogen and oxygen atoms in total. The monoisotopic (exact) mass is 376 g/mol. The fourth-order valence-corrected chi connectivity index (χ4v) is 2.16. The number of ketones is 1. The number of Topliss-reactive ketones (excluding diaryl/α,β-unsaturated/α-hetero) is 1. The highest BCUT2D eigenvalue weighted by atomic mass is 79.9. The number of rotatable bonds is 3. The number of nitrogens with zero attached hydrogens (tertiary/aromatic N) is 1. The molecule has 1 heterocycles. The maximum atomic E-state index is 12.1. The maximum Gasteiger partial charge on any atom is 0.328 e. The lowest BCUT2D eigenvalue weighted by atomic mass is 10.1. The van der Waals surface area contributed by atoms with Gasteiger partial charge in [0.25, 0.3) is 5.56 Å². The van der Waals surface area contributed by atoms with Crippen molar-refractivity contribution in [1.29, 1.82) is 0 Å². The van der Waals surface area contributed by atoms with E-state index in [0.717, 1.165) is 4.57 Å². The van der Waals surface area contributed by atoms with Gasteiger partial charge < -0.3 is 0 Å². The maximum absolute atomic E-state index is 12.1. The fourth-order valence-electron chi connectivity index (χ4n) is 1.52. The minimum absolute atomic E-state index is 0.166. The summed E-state index contributed by atoms with van der Waals surface area (Å²) >= 11 is 14.6. The van der Waals surface area contributed by atoms with Crippen molar-refractivity contribution in [3.63, 3.8) is 0 Å². The third-order valence-corrected chi connectivity index (χ3v) is 3.83. The predicted octanol–water partition coefficient (Wildman–Crippen LogP) is 2.49. The van der Waals surface area contributed by atoms with Crippen molar-refractivity contribution >= 4 is 44.9 Å². The molecule has 0 saturated carbocycles. The lowest BCUT2D eigenvalue weighted by molar-refractivity contribution is 0.0970. The molecule has 0 radical (unpaired) electrons. The number of benzene rings is 1. The smallest absolute Gasteiger partial charge is 0.292 e. The molecule has 2 rings (SSSR count). The summed E-state index contributed by atoms with van der Waals surface area (Å²) in [6.45, 7) is -0.216. The molecule has 1 N–H and O–H groups in total. The first-order chi connectivity index (χ1) is 9.38. The van der Waals surface area contributed by atoms with Crippen LogP contribution in [0.15, 0.2) is 38.5 Å². The largest absolute Gasteiger partial charge is 0.328 e. The molecule has 0 unspecified atom stereocenters. The van der Waals surface area contributed by atoms with Crippen molar-refractivity contribution in [3.05, 3.63) is 65.3 Å². The van der Waals surface area contributed by atoms with Gasteiger partial charge in [0.05, 0.1) is 21.1 Å². The molecule has 0 fully saturated rings. The van der Waals surface area contributed by atoms with Gasteiger partial charge in [0.2, 0.25) is 0 Å². The van der Waals surface area contributed by atoms with Gasteiger partial charge in [-0.05, 0) is 34.1 Å². The summed E-state index contributed by atoms with van der Waals surface area (Å²) in [6.07, 6.45) is 1.26. The van der Waals surface area contributed by atoms with Crippen LogP contribution >= 0.6 is 39.1 Å². The molecule has 0 atom stereocenters. The van der Waals surface area contributed by atoms with Crippen LogP contribution in [0.5, 0.6) is 0 Å². The van der Waals surface area contributed by atoms with E-state index < -0.39 is 11.2 Å².